The average Bonchev–Trinajstić information content (AvgIpc) is 2.03. The highest BCUT2D eigenvalue weighted by molar-refractivity contribution is 8.29. The number of hydrogen-bond acceptors (Lipinski definition) is 6. The quantitative estimate of drug-likeness (QED) is 0.458. The Balaban J connectivity index is 2.90. The average molecular weight is 246 g/mol. The number of rotatable bonds is 1. The third-order valence-electron chi connectivity index (χ3n) is 1.96. The summed E-state index contributed by atoms with van der Waals surface area (Å²) in [5.41, 5.74) is 0. The highest BCUT2D eigenvalue weighted by Gasteiger charge is 2.37. The number of aliphatic hydroxyl groups is 1. The van der Waals surface area contributed by atoms with E-state index in [0.717, 1.165) is 0 Å². The zero-order valence-electron chi connectivity index (χ0n) is 7.37. The van der Waals surface area contributed by atoms with Crippen molar-refractivity contribution in [1.29, 1.82) is 0 Å². The zero-order valence-corrected chi connectivity index (χ0v) is 9.00. The van der Waals surface area contributed by atoms with Crippen molar-refractivity contribution in [3.63, 3.8) is 0 Å². The number of ketones is 1. The van der Waals surface area contributed by atoms with Crippen LogP contribution in [0.2, 0.25) is 0 Å². The first-order valence-electron chi connectivity index (χ1n) is 3.88. The van der Waals surface area contributed by atoms with E-state index in [1.807, 2.05) is 0 Å². The molecule has 1 aliphatic rings. The van der Waals surface area contributed by atoms with Crippen molar-refractivity contribution >= 4 is 27.0 Å². The van der Waals surface area contributed by atoms with Crippen LogP contribution in [-0.2, 0) is 4.79 Å². The fraction of sp³-hybridized carbons (Fsp3) is 0.833. The van der Waals surface area contributed by atoms with Gasteiger partial charge in [0.2, 0.25) is 0 Å². The van der Waals surface area contributed by atoms with Crippen molar-refractivity contribution < 1.29 is 28.1 Å². The number of Topliss-reactive ketones (excluding diaryl/α,β-unsaturated/α-hetero) is 1. The van der Waals surface area contributed by atoms with E-state index in [4.69, 9.17) is 5.11 Å². The first kappa shape index (κ1) is 12.2. The van der Waals surface area contributed by atoms with Crippen LogP contribution in [0.3, 0.4) is 0 Å². The zero-order chi connectivity index (χ0) is 11.0. The molecular weight excluding hydrogens is 232 g/mol. The molecule has 0 bridgehead atoms. The predicted molar refractivity (Wildman–Crippen MR) is 56.2 cm³/mol. The SMILES string of the molecule is O=C1CS(O)(O)CC(CO)S(O)(O)C1. The van der Waals surface area contributed by atoms with Crippen molar-refractivity contribution in [3.05, 3.63) is 0 Å². The molecule has 1 atom stereocenters. The van der Waals surface area contributed by atoms with Crippen molar-refractivity contribution in [1.82, 2.24) is 0 Å². The van der Waals surface area contributed by atoms with E-state index in [1.54, 1.807) is 0 Å². The summed E-state index contributed by atoms with van der Waals surface area (Å²) in [5, 5.41) is 7.84. The fourth-order valence-corrected chi connectivity index (χ4v) is 5.43. The molecule has 1 fully saturated rings. The minimum Gasteiger partial charge on any atom is -0.394 e. The van der Waals surface area contributed by atoms with Gasteiger partial charge in [0.15, 0.2) is 5.78 Å². The lowest BCUT2D eigenvalue weighted by Crippen LogP contribution is -2.28. The largest absolute Gasteiger partial charge is 0.394 e. The van der Waals surface area contributed by atoms with E-state index in [9.17, 15) is 23.0 Å². The summed E-state index contributed by atoms with van der Waals surface area (Å²) in [7, 11) is -6.34. The van der Waals surface area contributed by atoms with Crippen LogP contribution < -0.4 is 0 Å². The van der Waals surface area contributed by atoms with Gasteiger partial charge in [-0.3, -0.25) is 23.0 Å². The third kappa shape index (κ3) is 2.83. The molecule has 5 N–H and O–H groups in total. The molecule has 14 heavy (non-hydrogen) atoms. The van der Waals surface area contributed by atoms with Gasteiger partial charge >= 0.3 is 0 Å². The minimum atomic E-state index is -3.23. The highest BCUT2D eigenvalue weighted by Crippen LogP contribution is 2.54. The summed E-state index contributed by atoms with van der Waals surface area (Å²) in [4.78, 5) is 11.1. The summed E-state index contributed by atoms with van der Waals surface area (Å²) < 4.78 is 37.6. The van der Waals surface area contributed by atoms with Gasteiger partial charge in [-0.15, -0.1) is 0 Å². The molecule has 1 aliphatic heterocycles. The number of carbonyl (C=O) groups is 1. The number of hydrogen-bond donors (Lipinski definition) is 5. The van der Waals surface area contributed by atoms with E-state index in [1.165, 1.54) is 0 Å². The van der Waals surface area contributed by atoms with Crippen molar-refractivity contribution in [2.75, 3.05) is 23.9 Å². The lowest BCUT2D eigenvalue weighted by molar-refractivity contribution is -0.114. The molecule has 0 aromatic rings. The molecular formula is C6H14O6S2. The van der Waals surface area contributed by atoms with Crippen LogP contribution in [0.4, 0.5) is 0 Å². The normalized spacial score (nSPS) is 35.8. The van der Waals surface area contributed by atoms with Gasteiger partial charge in [0, 0.05) is 0 Å². The second-order valence-corrected chi connectivity index (χ2v) is 7.93. The first-order chi connectivity index (χ1) is 6.27. The second kappa shape index (κ2) is 3.97. The molecule has 0 radical (unpaired) electrons. The Morgan fingerprint density at radius 1 is 1.21 bits per heavy atom. The first-order valence-corrected chi connectivity index (χ1v) is 7.54. The minimum absolute atomic E-state index is 0.322. The lowest BCUT2D eigenvalue weighted by Gasteiger charge is -2.39. The highest BCUT2D eigenvalue weighted by atomic mass is 32.3. The van der Waals surface area contributed by atoms with Gasteiger partial charge in [0.05, 0.1) is 29.1 Å². The van der Waals surface area contributed by atoms with Gasteiger partial charge in [-0.05, 0) is 0 Å². The Morgan fingerprint density at radius 2 is 1.79 bits per heavy atom. The molecule has 6 nitrogen and oxygen atoms in total. The van der Waals surface area contributed by atoms with Crippen LogP contribution in [-0.4, -0.2) is 58.2 Å². The third-order valence-corrected chi connectivity index (χ3v) is 6.02. The molecule has 0 aliphatic carbocycles. The molecule has 8 heteroatoms. The van der Waals surface area contributed by atoms with Crippen LogP contribution in [0.5, 0.6) is 0 Å². The molecule has 0 spiro atoms. The summed E-state index contributed by atoms with van der Waals surface area (Å²) >= 11 is 0. The van der Waals surface area contributed by atoms with Gasteiger partial charge in [-0.2, -0.15) is 21.2 Å². The topological polar surface area (TPSA) is 118 Å². The molecule has 0 aromatic heterocycles. The maximum atomic E-state index is 11.1. The Bertz CT molecular complexity index is 240. The fourth-order valence-electron chi connectivity index (χ4n) is 1.29. The Hall–Kier alpha value is 0.170. The molecule has 0 amide bonds. The second-order valence-electron chi connectivity index (χ2n) is 3.32. The van der Waals surface area contributed by atoms with Crippen molar-refractivity contribution in [2.24, 2.45) is 0 Å². The van der Waals surface area contributed by atoms with Gasteiger partial charge < -0.3 is 5.11 Å². The van der Waals surface area contributed by atoms with Gasteiger partial charge in [-0.25, -0.2) is 0 Å². The van der Waals surface area contributed by atoms with E-state index in [-0.39, 0.29) is 5.75 Å². The maximum Gasteiger partial charge on any atom is 0.170 e. The number of aliphatic hydroxyl groups excluding tert-OH is 1. The summed E-state index contributed by atoms with van der Waals surface area (Å²) in [6, 6.07) is 0. The van der Waals surface area contributed by atoms with Crippen molar-refractivity contribution in [2.45, 2.75) is 5.25 Å². The van der Waals surface area contributed by atoms with Crippen LogP contribution >= 0.6 is 21.2 Å². The van der Waals surface area contributed by atoms with Crippen molar-refractivity contribution in [3.8, 4) is 0 Å². The smallest absolute Gasteiger partial charge is 0.170 e. The van der Waals surface area contributed by atoms with Gasteiger partial charge in [-0.1, -0.05) is 0 Å². The molecule has 0 aromatic carbocycles. The molecule has 0 saturated carbocycles. The summed E-state index contributed by atoms with van der Waals surface area (Å²) in [5.74, 6) is -1.84. The van der Waals surface area contributed by atoms with E-state index >= 15 is 0 Å². The Kier molecular flexibility index (Phi) is 3.47. The summed E-state index contributed by atoms with van der Waals surface area (Å²) in [6.07, 6.45) is 0. The number of carbonyl (C=O) groups excluding carboxylic acids is 1. The molecule has 1 heterocycles. The maximum absolute atomic E-state index is 11.1. The van der Waals surface area contributed by atoms with Crippen LogP contribution in [0, 0.1) is 0 Å². The lowest BCUT2D eigenvalue weighted by atomic mass is 10.5. The van der Waals surface area contributed by atoms with Crippen LogP contribution in [0.15, 0.2) is 0 Å². The standard InChI is InChI=1S/C6H14O6S2/c7-1-6-4-13(9,10)2-5(8)3-14(6,11)12/h6-7,9-12H,1-4H2. The van der Waals surface area contributed by atoms with Crippen LogP contribution in [0.25, 0.3) is 0 Å². The monoisotopic (exact) mass is 246 g/mol. The van der Waals surface area contributed by atoms with Gasteiger partial charge in [0.25, 0.3) is 0 Å². The summed E-state index contributed by atoms with van der Waals surface area (Å²) in [6.45, 7) is -0.564. The van der Waals surface area contributed by atoms with E-state index in [2.05, 4.69) is 0 Å². The molecule has 86 valence electrons. The van der Waals surface area contributed by atoms with E-state index in [0.29, 0.717) is 0 Å². The van der Waals surface area contributed by atoms with E-state index < -0.39 is 50.3 Å². The van der Waals surface area contributed by atoms with Crippen LogP contribution in [0.1, 0.15) is 0 Å². The molecule has 1 saturated heterocycles. The van der Waals surface area contributed by atoms with Gasteiger partial charge in [0.1, 0.15) is 0 Å². The molecule has 1 rings (SSSR count). The molecule has 1 unspecified atom stereocenters. The Morgan fingerprint density at radius 3 is 2.29 bits per heavy atom. The predicted octanol–water partition coefficient (Wildman–Crippen LogP) is 0.431. The Labute approximate surface area is 84.6 Å².